The van der Waals surface area contributed by atoms with Crippen LogP contribution in [-0.4, -0.2) is 11.1 Å². The van der Waals surface area contributed by atoms with Gasteiger partial charge in [-0.2, -0.15) is 5.26 Å². The van der Waals surface area contributed by atoms with Crippen molar-refractivity contribution in [1.29, 1.82) is 5.26 Å². The van der Waals surface area contributed by atoms with Gasteiger partial charge in [0.15, 0.2) is 0 Å². The lowest BCUT2D eigenvalue weighted by Crippen LogP contribution is -2.20. The summed E-state index contributed by atoms with van der Waals surface area (Å²) in [4.78, 5) is 4.10. The highest BCUT2D eigenvalue weighted by molar-refractivity contribution is 5.28. The lowest BCUT2D eigenvalue weighted by molar-refractivity contribution is 0.148. The van der Waals surface area contributed by atoms with E-state index in [2.05, 4.69) is 4.98 Å². The van der Waals surface area contributed by atoms with Crippen LogP contribution in [-0.2, 0) is 0 Å². The first-order valence-electron chi connectivity index (χ1n) is 5.41. The van der Waals surface area contributed by atoms with E-state index in [9.17, 15) is 0 Å². The molecular weight excluding hydrogens is 188 g/mol. The molecule has 0 aliphatic heterocycles. The standard InChI is InChI=1S/C12H14N2O/c13-8-10-6-7-12(14-9-10)15-11-4-2-1-3-5-11/h6-7,9,11H,1-5H2. The van der Waals surface area contributed by atoms with Crippen molar-refractivity contribution in [1.82, 2.24) is 4.98 Å². The number of aromatic nitrogens is 1. The molecule has 3 heteroatoms. The molecule has 15 heavy (non-hydrogen) atoms. The molecule has 1 heterocycles. The van der Waals surface area contributed by atoms with E-state index in [1.165, 1.54) is 19.3 Å². The highest BCUT2D eigenvalue weighted by atomic mass is 16.5. The lowest BCUT2D eigenvalue weighted by Gasteiger charge is -2.22. The minimum Gasteiger partial charge on any atom is -0.474 e. The zero-order valence-corrected chi connectivity index (χ0v) is 8.65. The Hall–Kier alpha value is -1.56. The topological polar surface area (TPSA) is 45.9 Å². The van der Waals surface area contributed by atoms with Gasteiger partial charge in [-0.05, 0) is 31.7 Å². The third-order valence-corrected chi connectivity index (χ3v) is 2.71. The van der Waals surface area contributed by atoms with Gasteiger partial charge in [-0.15, -0.1) is 0 Å². The van der Waals surface area contributed by atoms with Gasteiger partial charge in [0.05, 0.1) is 5.56 Å². The summed E-state index contributed by atoms with van der Waals surface area (Å²) in [5.74, 6) is 0.640. The van der Waals surface area contributed by atoms with Gasteiger partial charge in [0.1, 0.15) is 12.2 Å². The number of nitrogens with zero attached hydrogens (tertiary/aromatic N) is 2. The van der Waals surface area contributed by atoms with Gasteiger partial charge >= 0.3 is 0 Å². The zero-order chi connectivity index (χ0) is 10.5. The minimum absolute atomic E-state index is 0.319. The van der Waals surface area contributed by atoms with Crippen molar-refractivity contribution in [2.45, 2.75) is 38.2 Å². The van der Waals surface area contributed by atoms with E-state index in [0.29, 0.717) is 17.5 Å². The number of ether oxygens (including phenoxy) is 1. The lowest BCUT2D eigenvalue weighted by atomic mass is 9.98. The molecule has 0 radical (unpaired) electrons. The molecule has 0 spiro atoms. The predicted molar refractivity (Wildman–Crippen MR) is 56.5 cm³/mol. The van der Waals surface area contributed by atoms with Crippen molar-refractivity contribution >= 4 is 0 Å². The van der Waals surface area contributed by atoms with Crippen LogP contribution in [0, 0.1) is 11.3 Å². The van der Waals surface area contributed by atoms with Gasteiger partial charge in [0, 0.05) is 12.3 Å². The number of rotatable bonds is 2. The molecule has 0 amide bonds. The molecule has 78 valence electrons. The SMILES string of the molecule is N#Cc1ccc(OC2CCCCC2)nc1. The molecule has 3 nitrogen and oxygen atoms in total. The first-order chi connectivity index (χ1) is 7.38. The first-order valence-corrected chi connectivity index (χ1v) is 5.41. The van der Waals surface area contributed by atoms with Gasteiger partial charge in [0.25, 0.3) is 0 Å². The van der Waals surface area contributed by atoms with Crippen molar-refractivity contribution in [3.8, 4) is 11.9 Å². The molecule has 1 aromatic heterocycles. The van der Waals surface area contributed by atoms with Gasteiger partial charge in [-0.1, -0.05) is 6.42 Å². The van der Waals surface area contributed by atoms with Crippen LogP contribution in [0.1, 0.15) is 37.7 Å². The van der Waals surface area contributed by atoms with Gasteiger partial charge in [-0.25, -0.2) is 4.98 Å². The summed E-state index contributed by atoms with van der Waals surface area (Å²) in [7, 11) is 0. The summed E-state index contributed by atoms with van der Waals surface area (Å²) in [6.45, 7) is 0. The monoisotopic (exact) mass is 202 g/mol. The summed E-state index contributed by atoms with van der Waals surface area (Å²) in [6.07, 6.45) is 7.95. The summed E-state index contributed by atoms with van der Waals surface area (Å²) >= 11 is 0. The van der Waals surface area contributed by atoms with Crippen molar-refractivity contribution in [2.24, 2.45) is 0 Å². The fourth-order valence-corrected chi connectivity index (χ4v) is 1.87. The summed E-state index contributed by atoms with van der Waals surface area (Å²) in [5, 5.41) is 8.62. The third-order valence-electron chi connectivity index (χ3n) is 2.71. The molecule has 0 saturated heterocycles. The molecule has 0 bridgehead atoms. The Balaban J connectivity index is 1.95. The quantitative estimate of drug-likeness (QED) is 0.740. The van der Waals surface area contributed by atoms with Crippen LogP contribution in [0.25, 0.3) is 0 Å². The van der Waals surface area contributed by atoms with Gasteiger partial charge in [-0.3, -0.25) is 0 Å². The molecule has 0 unspecified atom stereocenters. The molecule has 1 aliphatic rings. The van der Waals surface area contributed by atoms with E-state index in [-0.39, 0.29) is 0 Å². The third kappa shape index (κ3) is 2.69. The van der Waals surface area contributed by atoms with E-state index < -0.39 is 0 Å². The van der Waals surface area contributed by atoms with Crippen molar-refractivity contribution in [2.75, 3.05) is 0 Å². The van der Waals surface area contributed by atoms with Crippen LogP contribution < -0.4 is 4.74 Å². The van der Waals surface area contributed by atoms with Crippen molar-refractivity contribution < 1.29 is 4.74 Å². The number of pyridine rings is 1. The van der Waals surface area contributed by atoms with Crippen LogP contribution in [0.4, 0.5) is 0 Å². The van der Waals surface area contributed by atoms with Crippen LogP contribution in [0.2, 0.25) is 0 Å². The van der Waals surface area contributed by atoms with Crippen LogP contribution >= 0.6 is 0 Å². The Labute approximate surface area is 89.7 Å². The maximum Gasteiger partial charge on any atom is 0.213 e. The summed E-state index contributed by atoms with van der Waals surface area (Å²) in [5.41, 5.74) is 0.575. The van der Waals surface area contributed by atoms with Gasteiger partial charge in [0.2, 0.25) is 5.88 Å². The highest BCUT2D eigenvalue weighted by Gasteiger charge is 2.14. The van der Waals surface area contributed by atoms with Crippen LogP contribution in [0.5, 0.6) is 5.88 Å². The zero-order valence-electron chi connectivity index (χ0n) is 8.65. The summed E-state index contributed by atoms with van der Waals surface area (Å²) in [6, 6.07) is 5.55. The second-order valence-electron chi connectivity index (χ2n) is 3.87. The van der Waals surface area contributed by atoms with E-state index in [0.717, 1.165) is 12.8 Å². The second-order valence-corrected chi connectivity index (χ2v) is 3.87. The van der Waals surface area contributed by atoms with E-state index in [1.54, 1.807) is 18.3 Å². The summed E-state index contributed by atoms with van der Waals surface area (Å²) < 4.78 is 5.73. The molecule has 1 aliphatic carbocycles. The Morgan fingerprint density at radius 2 is 2.07 bits per heavy atom. The Morgan fingerprint density at radius 1 is 1.27 bits per heavy atom. The molecule has 1 saturated carbocycles. The van der Waals surface area contributed by atoms with Gasteiger partial charge < -0.3 is 4.74 Å². The molecule has 0 N–H and O–H groups in total. The normalized spacial score (nSPS) is 17.0. The average molecular weight is 202 g/mol. The molecule has 2 rings (SSSR count). The Morgan fingerprint density at radius 3 is 2.67 bits per heavy atom. The highest BCUT2D eigenvalue weighted by Crippen LogP contribution is 2.22. The largest absolute Gasteiger partial charge is 0.474 e. The van der Waals surface area contributed by atoms with E-state index >= 15 is 0 Å². The Kier molecular flexibility index (Phi) is 3.18. The molecule has 0 aromatic carbocycles. The van der Waals surface area contributed by atoms with Crippen molar-refractivity contribution in [3.05, 3.63) is 23.9 Å². The van der Waals surface area contributed by atoms with Crippen LogP contribution in [0.15, 0.2) is 18.3 Å². The van der Waals surface area contributed by atoms with E-state index in [1.807, 2.05) is 6.07 Å². The smallest absolute Gasteiger partial charge is 0.213 e. The van der Waals surface area contributed by atoms with Crippen molar-refractivity contribution in [3.63, 3.8) is 0 Å². The fourth-order valence-electron chi connectivity index (χ4n) is 1.87. The maximum atomic E-state index is 8.62. The average Bonchev–Trinajstić information content (AvgIpc) is 2.31. The Bertz CT molecular complexity index is 347. The number of hydrogen-bond donors (Lipinski definition) is 0. The second kappa shape index (κ2) is 4.79. The number of nitriles is 1. The molecule has 1 aromatic rings. The fraction of sp³-hybridized carbons (Fsp3) is 0.500. The first kappa shape index (κ1) is 9.97. The molecular formula is C12H14N2O. The molecule has 0 atom stereocenters. The predicted octanol–water partition coefficient (Wildman–Crippen LogP) is 2.66. The number of hydrogen-bond acceptors (Lipinski definition) is 3. The van der Waals surface area contributed by atoms with E-state index in [4.69, 9.17) is 10.00 Å². The molecule has 1 fully saturated rings. The minimum atomic E-state index is 0.319. The van der Waals surface area contributed by atoms with Crippen LogP contribution in [0.3, 0.4) is 0 Å². The maximum absolute atomic E-state index is 8.62.